The zero-order valence-corrected chi connectivity index (χ0v) is 18.9. The average Bonchev–Trinajstić information content (AvgIpc) is 2.71. The van der Waals surface area contributed by atoms with Crippen LogP contribution in [0.25, 0.3) is 11.3 Å². The van der Waals surface area contributed by atoms with Crippen molar-refractivity contribution in [3.8, 4) is 23.0 Å². The Morgan fingerprint density at radius 2 is 1.88 bits per heavy atom. The number of hydrogen-bond acceptors (Lipinski definition) is 6. The van der Waals surface area contributed by atoms with Crippen molar-refractivity contribution in [1.82, 2.24) is 14.5 Å². The number of sulfone groups is 1. The van der Waals surface area contributed by atoms with Crippen LogP contribution in [-0.4, -0.2) is 28.2 Å². The summed E-state index contributed by atoms with van der Waals surface area (Å²) >= 11 is 0. The summed E-state index contributed by atoms with van der Waals surface area (Å²) in [4.78, 5) is 20.2. The van der Waals surface area contributed by atoms with Crippen molar-refractivity contribution in [2.75, 3.05) is 0 Å². The van der Waals surface area contributed by atoms with Gasteiger partial charge in [0.1, 0.15) is 5.82 Å². The van der Waals surface area contributed by atoms with E-state index in [4.69, 9.17) is 4.74 Å². The predicted molar refractivity (Wildman–Crippen MR) is 116 cm³/mol. The van der Waals surface area contributed by atoms with E-state index in [0.29, 0.717) is 23.7 Å². The zero-order valence-electron chi connectivity index (χ0n) is 18.1. The molecule has 0 bridgehead atoms. The maximum absolute atomic E-state index is 14.3. The first-order chi connectivity index (χ1) is 15.0. The standard InChI is InChI=1S/C22H23F2N3O4S/c1-5-14(3)32(29,30)12-17-10-19(15-6-7-20(28)27(4)11-15)26-22(25-17)31-21-13(2)8-16(23)9-18(21)24/h6-11,14H,5,12H2,1-4H3. The smallest absolute Gasteiger partial charge is 0.322 e. The molecule has 0 N–H and O–H groups in total. The third-order valence-electron chi connectivity index (χ3n) is 5.06. The number of aryl methyl sites for hydroxylation is 2. The first-order valence-corrected chi connectivity index (χ1v) is 11.6. The van der Waals surface area contributed by atoms with Crippen molar-refractivity contribution in [3.63, 3.8) is 0 Å². The van der Waals surface area contributed by atoms with Crippen molar-refractivity contribution in [3.05, 3.63) is 69.8 Å². The first-order valence-electron chi connectivity index (χ1n) is 9.90. The number of ether oxygens (including phenoxy) is 1. The van der Waals surface area contributed by atoms with E-state index in [9.17, 15) is 22.0 Å². The molecule has 3 rings (SSSR count). The molecule has 3 aromatic rings. The molecule has 0 aliphatic heterocycles. The molecule has 1 aromatic carbocycles. The molecule has 1 atom stereocenters. The SMILES string of the molecule is CCC(C)S(=O)(=O)Cc1cc(-c2ccc(=O)n(C)c2)nc(Oc2c(C)cc(F)cc2F)n1. The molecule has 32 heavy (non-hydrogen) atoms. The Bertz CT molecular complexity index is 1300. The highest BCUT2D eigenvalue weighted by Crippen LogP contribution is 2.29. The number of benzene rings is 1. The third kappa shape index (κ3) is 5.18. The van der Waals surface area contributed by atoms with E-state index < -0.39 is 26.7 Å². The molecule has 0 spiro atoms. The second-order valence-corrected chi connectivity index (χ2v) is 9.97. The predicted octanol–water partition coefficient (Wildman–Crippen LogP) is 3.93. The Kier molecular flexibility index (Phi) is 6.73. The van der Waals surface area contributed by atoms with Crippen molar-refractivity contribution in [2.45, 2.75) is 38.2 Å². The minimum absolute atomic E-state index is 0.152. The summed E-state index contributed by atoms with van der Waals surface area (Å²) < 4.78 is 59.9. The van der Waals surface area contributed by atoms with Crippen LogP contribution in [0.5, 0.6) is 11.8 Å². The molecule has 170 valence electrons. The van der Waals surface area contributed by atoms with Gasteiger partial charge in [-0.3, -0.25) is 4.79 Å². The molecule has 2 heterocycles. The lowest BCUT2D eigenvalue weighted by Crippen LogP contribution is -2.19. The van der Waals surface area contributed by atoms with Gasteiger partial charge in [0.05, 0.1) is 22.4 Å². The quantitative estimate of drug-likeness (QED) is 0.527. The van der Waals surface area contributed by atoms with Crippen molar-refractivity contribution in [1.29, 1.82) is 0 Å². The van der Waals surface area contributed by atoms with Crippen molar-refractivity contribution >= 4 is 9.84 Å². The normalized spacial score (nSPS) is 12.6. The van der Waals surface area contributed by atoms with Crippen molar-refractivity contribution in [2.24, 2.45) is 7.05 Å². The Balaban J connectivity index is 2.12. The number of nitrogens with zero attached hydrogens (tertiary/aromatic N) is 3. The second kappa shape index (κ2) is 9.15. The largest absolute Gasteiger partial charge is 0.421 e. The van der Waals surface area contributed by atoms with Gasteiger partial charge in [0, 0.05) is 30.9 Å². The molecule has 0 fully saturated rings. The zero-order chi connectivity index (χ0) is 23.6. The maximum Gasteiger partial charge on any atom is 0.322 e. The van der Waals surface area contributed by atoms with E-state index in [1.807, 2.05) is 0 Å². The van der Waals surface area contributed by atoms with E-state index >= 15 is 0 Å². The fourth-order valence-corrected chi connectivity index (χ4v) is 4.35. The Morgan fingerprint density at radius 1 is 1.16 bits per heavy atom. The molecule has 0 aliphatic rings. The number of rotatable bonds is 7. The Labute approximate surface area is 184 Å². The van der Waals surface area contributed by atoms with Crippen molar-refractivity contribution < 1.29 is 21.9 Å². The minimum Gasteiger partial charge on any atom is -0.421 e. The molecular weight excluding hydrogens is 440 g/mol. The maximum atomic E-state index is 14.3. The molecule has 0 aliphatic carbocycles. The fourth-order valence-electron chi connectivity index (χ4n) is 3.00. The van der Waals surface area contributed by atoms with Crippen LogP contribution in [0.2, 0.25) is 0 Å². The lowest BCUT2D eigenvalue weighted by Gasteiger charge is -2.13. The van der Waals surface area contributed by atoms with Gasteiger partial charge >= 0.3 is 6.01 Å². The van der Waals surface area contributed by atoms with Crippen LogP contribution in [0.1, 0.15) is 31.5 Å². The van der Waals surface area contributed by atoms with Gasteiger partial charge < -0.3 is 9.30 Å². The van der Waals surface area contributed by atoms with Crippen LogP contribution in [-0.2, 0) is 22.6 Å². The summed E-state index contributed by atoms with van der Waals surface area (Å²) in [5.41, 5.74) is 0.910. The van der Waals surface area contributed by atoms with Gasteiger partial charge in [-0.05, 0) is 44.0 Å². The number of pyridine rings is 1. The summed E-state index contributed by atoms with van der Waals surface area (Å²) in [6.45, 7) is 4.85. The molecule has 0 radical (unpaired) electrons. The van der Waals surface area contributed by atoms with E-state index in [1.165, 1.54) is 35.9 Å². The molecule has 7 nitrogen and oxygen atoms in total. The molecule has 10 heteroatoms. The molecular formula is C22H23F2N3O4S. The van der Waals surface area contributed by atoms with Gasteiger partial charge in [-0.15, -0.1) is 0 Å². The highest BCUT2D eigenvalue weighted by atomic mass is 32.2. The van der Waals surface area contributed by atoms with Crippen LogP contribution in [0, 0.1) is 18.6 Å². The lowest BCUT2D eigenvalue weighted by atomic mass is 10.2. The summed E-state index contributed by atoms with van der Waals surface area (Å²) in [6, 6.07) is 5.85. The van der Waals surface area contributed by atoms with E-state index in [0.717, 1.165) is 6.07 Å². The highest BCUT2D eigenvalue weighted by molar-refractivity contribution is 7.91. The van der Waals surface area contributed by atoms with Crippen LogP contribution < -0.4 is 10.3 Å². The fraction of sp³-hybridized carbons (Fsp3) is 0.318. The van der Waals surface area contributed by atoms with Gasteiger partial charge in [-0.25, -0.2) is 17.2 Å². The van der Waals surface area contributed by atoms with Crippen LogP contribution in [0.3, 0.4) is 0 Å². The second-order valence-electron chi connectivity index (χ2n) is 7.56. The summed E-state index contributed by atoms with van der Waals surface area (Å²) in [7, 11) is -1.95. The number of halogens is 2. The summed E-state index contributed by atoms with van der Waals surface area (Å²) in [5, 5.41) is -0.584. The molecule has 0 saturated carbocycles. The van der Waals surface area contributed by atoms with Gasteiger partial charge in [0.15, 0.2) is 21.4 Å². The third-order valence-corrected chi connectivity index (χ3v) is 7.32. The van der Waals surface area contributed by atoms with E-state index in [-0.39, 0.29) is 34.3 Å². The van der Waals surface area contributed by atoms with Gasteiger partial charge in [0.2, 0.25) is 5.56 Å². The lowest BCUT2D eigenvalue weighted by molar-refractivity contribution is 0.404. The van der Waals surface area contributed by atoms with E-state index in [1.54, 1.807) is 20.9 Å². The van der Waals surface area contributed by atoms with Gasteiger partial charge in [-0.1, -0.05) is 6.92 Å². The van der Waals surface area contributed by atoms with Crippen LogP contribution in [0.15, 0.2) is 41.3 Å². The van der Waals surface area contributed by atoms with Crippen LogP contribution in [0.4, 0.5) is 8.78 Å². The molecule has 0 saturated heterocycles. The Morgan fingerprint density at radius 3 is 2.50 bits per heavy atom. The average molecular weight is 464 g/mol. The molecule has 0 amide bonds. The Hall–Kier alpha value is -3.14. The van der Waals surface area contributed by atoms with Gasteiger partial charge in [0.25, 0.3) is 0 Å². The highest BCUT2D eigenvalue weighted by Gasteiger charge is 2.22. The minimum atomic E-state index is -3.51. The van der Waals surface area contributed by atoms with E-state index in [2.05, 4.69) is 9.97 Å². The van der Waals surface area contributed by atoms with Crippen LogP contribution >= 0.6 is 0 Å². The molecule has 2 aromatic heterocycles. The van der Waals surface area contributed by atoms with Gasteiger partial charge in [-0.2, -0.15) is 9.97 Å². The number of hydrogen-bond donors (Lipinski definition) is 0. The summed E-state index contributed by atoms with van der Waals surface area (Å²) in [5.74, 6) is -2.33. The number of aromatic nitrogens is 3. The first kappa shape index (κ1) is 23.5. The monoisotopic (exact) mass is 463 g/mol. The summed E-state index contributed by atoms with van der Waals surface area (Å²) in [6.07, 6.45) is 1.97. The topological polar surface area (TPSA) is 91.2 Å². The molecule has 1 unspecified atom stereocenters.